The first kappa shape index (κ1) is 21.2. The maximum absolute atomic E-state index is 11.6. The summed E-state index contributed by atoms with van der Waals surface area (Å²) in [7, 11) is 0. The molecule has 1 aliphatic rings. The fourth-order valence-corrected chi connectivity index (χ4v) is 3.07. The Balaban J connectivity index is 2.08. The zero-order valence-corrected chi connectivity index (χ0v) is 17.1. The van der Waals surface area contributed by atoms with Gasteiger partial charge in [-0.3, -0.25) is 4.99 Å². The molecule has 0 heterocycles. The van der Waals surface area contributed by atoms with E-state index in [4.69, 9.17) is 27.9 Å². The second-order valence-electron chi connectivity index (χ2n) is 7.06. The molecule has 144 valence electrons. The Morgan fingerprint density at radius 3 is 2.67 bits per heavy atom. The maximum atomic E-state index is 11.6. The number of rotatable bonds is 4. The zero-order chi connectivity index (χ0) is 20.0. The highest BCUT2D eigenvalue weighted by Gasteiger charge is 2.19. The fourth-order valence-electron chi connectivity index (χ4n) is 2.56. The van der Waals surface area contributed by atoms with Crippen molar-refractivity contribution in [3.05, 3.63) is 45.5 Å². The summed E-state index contributed by atoms with van der Waals surface area (Å²) in [4.78, 5) is 27.4. The van der Waals surface area contributed by atoms with Gasteiger partial charge < -0.3 is 10.1 Å². The number of carbonyl (C=O) groups excluding carboxylic acids is 2. The average Bonchev–Trinajstić information content (AvgIpc) is 2.57. The molecule has 0 aromatic heterocycles. The van der Waals surface area contributed by atoms with Crippen LogP contribution in [0.3, 0.4) is 0 Å². The Hall–Kier alpha value is -2.07. The van der Waals surface area contributed by atoms with Gasteiger partial charge in [-0.1, -0.05) is 29.3 Å². The Kier molecular flexibility index (Phi) is 7.25. The average molecular weight is 409 g/mol. The van der Waals surface area contributed by atoms with Crippen LogP contribution in [0.1, 0.15) is 39.2 Å². The van der Waals surface area contributed by atoms with Gasteiger partial charge in [0.15, 0.2) is 0 Å². The molecule has 0 bridgehead atoms. The van der Waals surface area contributed by atoms with Crippen LogP contribution in [0.5, 0.6) is 0 Å². The third-order valence-electron chi connectivity index (χ3n) is 3.71. The van der Waals surface area contributed by atoms with E-state index in [-0.39, 0.29) is 0 Å². The highest BCUT2D eigenvalue weighted by molar-refractivity contribution is 6.36. The number of alkyl carbamates (subject to hydrolysis) is 1. The van der Waals surface area contributed by atoms with Crippen LogP contribution in [0, 0.1) is 0 Å². The van der Waals surface area contributed by atoms with Crippen LogP contribution < -0.4 is 5.32 Å². The molecule has 5 nitrogen and oxygen atoms in total. The van der Waals surface area contributed by atoms with Crippen molar-refractivity contribution in [3.8, 4) is 0 Å². The summed E-state index contributed by atoms with van der Waals surface area (Å²) in [5.41, 5.74) is 2.29. The van der Waals surface area contributed by atoms with Gasteiger partial charge in [-0.25, -0.2) is 9.59 Å². The lowest BCUT2D eigenvalue weighted by Gasteiger charge is -2.19. The van der Waals surface area contributed by atoms with Gasteiger partial charge in [0.2, 0.25) is 0 Å². The number of benzene rings is 1. The van der Waals surface area contributed by atoms with Crippen LogP contribution in [-0.4, -0.2) is 36.4 Å². The molecule has 1 aliphatic carbocycles. The minimum absolute atomic E-state index is 0.361. The molecule has 0 atom stereocenters. The number of nitrogens with zero attached hydrogens (tertiary/aromatic N) is 1. The van der Waals surface area contributed by atoms with Gasteiger partial charge in [-0.15, -0.1) is 0 Å². The molecule has 0 unspecified atom stereocenters. The van der Waals surface area contributed by atoms with E-state index in [1.54, 1.807) is 39.0 Å². The largest absolute Gasteiger partial charge is 0.444 e. The predicted molar refractivity (Wildman–Crippen MR) is 109 cm³/mol. The molecule has 1 amide bonds. The number of amides is 1. The lowest BCUT2D eigenvalue weighted by molar-refractivity contribution is 0.0529. The van der Waals surface area contributed by atoms with E-state index in [0.29, 0.717) is 47.1 Å². The van der Waals surface area contributed by atoms with Crippen molar-refractivity contribution in [1.29, 1.82) is 0 Å². The predicted octanol–water partition coefficient (Wildman–Crippen LogP) is 4.89. The smallest absolute Gasteiger partial charge is 0.407 e. The van der Waals surface area contributed by atoms with Crippen molar-refractivity contribution >= 4 is 46.5 Å². The van der Waals surface area contributed by atoms with Crippen LogP contribution >= 0.6 is 23.2 Å². The van der Waals surface area contributed by atoms with E-state index < -0.39 is 11.7 Å². The summed E-state index contributed by atoms with van der Waals surface area (Å²) in [5.74, 6) is 2.00. The summed E-state index contributed by atoms with van der Waals surface area (Å²) in [6, 6.07) is 5.14. The number of nitrogens with one attached hydrogen (secondary N) is 1. The van der Waals surface area contributed by atoms with Gasteiger partial charge >= 0.3 is 6.09 Å². The number of halogens is 2. The first-order chi connectivity index (χ1) is 12.7. The number of aliphatic imine (C=N–C) groups is 1. The summed E-state index contributed by atoms with van der Waals surface area (Å²) in [6.07, 6.45) is 2.53. The summed E-state index contributed by atoms with van der Waals surface area (Å²) in [5, 5.41) is 3.66. The molecular weight excluding hydrogens is 387 g/mol. The second kappa shape index (κ2) is 9.23. The van der Waals surface area contributed by atoms with Gasteiger partial charge in [-0.05, 0) is 57.4 Å². The van der Waals surface area contributed by atoms with Gasteiger partial charge in [-0.2, -0.15) is 0 Å². The molecule has 2 rings (SSSR count). The number of hydrogen-bond acceptors (Lipinski definition) is 4. The maximum Gasteiger partial charge on any atom is 0.407 e. The zero-order valence-electron chi connectivity index (χ0n) is 15.6. The van der Waals surface area contributed by atoms with Gasteiger partial charge in [0.1, 0.15) is 11.5 Å². The monoisotopic (exact) mass is 408 g/mol. The Morgan fingerprint density at radius 1 is 1.30 bits per heavy atom. The second-order valence-corrected chi connectivity index (χ2v) is 7.91. The molecule has 0 saturated heterocycles. The first-order valence-corrected chi connectivity index (χ1v) is 9.37. The molecule has 0 aliphatic heterocycles. The van der Waals surface area contributed by atoms with Crippen molar-refractivity contribution < 1.29 is 14.3 Å². The van der Waals surface area contributed by atoms with Crippen molar-refractivity contribution in [1.82, 2.24) is 5.32 Å². The number of hydrogen-bond donors (Lipinski definition) is 1. The molecular formula is C20H22Cl2N2O3. The van der Waals surface area contributed by atoms with Crippen LogP contribution in [0.4, 0.5) is 4.79 Å². The van der Waals surface area contributed by atoms with Crippen molar-refractivity contribution in [2.75, 3.05) is 13.1 Å². The SMILES string of the molecule is CC(C)(C)OC(=O)NCCN=C1C=C(c2ccc(Cl)cc2Cl)C(=C=O)CC1. The summed E-state index contributed by atoms with van der Waals surface area (Å²) >= 11 is 12.2. The highest BCUT2D eigenvalue weighted by Crippen LogP contribution is 2.34. The lowest BCUT2D eigenvalue weighted by atomic mass is 9.88. The van der Waals surface area contributed by atoms with E-state index >= 15 is 0 Å². The van der Waals surface area contributed by atoms with Gasteiger partial charge in [0.25, 0.3) is 0 Å². The Bertz CT molecular complexity index is 832. The number of carbonyl (C=O) groups is 1. The summed E-state index contributed by atoms with van der Waals surface area (Å²) < 4.78 is 5.17. The van der Waals surface area contributed by atoms with Crippen molar-refractivity contribution in [2.24, 2.45) is 4.99 Å². The molecule has 0 fully saturated rings. The van der Waals surface area contributed by atoms with E-state index in [1.807, 2.05) is 12.0 Å². The molecule has 27 heavy (non-hydrogen) atoms. The molecule has 0 spiro atoms. The highest BCUT2D eigenvalue weighted by atomic mass is 35.5. The quantitative estimate of drug-likeness (QED) is 0.569. The topological polar surface area (TPSA) is 67.8 Å². The fraction of sp³-hybridized carbons (Fsp3) is 0.400. The number of ether oxygens (including phenoxy) is 1. The molecule has 7 heteroatoms. The Morgan fingerprint density at radius 2 is 2.04 bits per heavy atom. The van der Waals surface area contributed by atoms with Crippen LogP contribution in [-0.2, 0) is 9.53 Å². The molecule has 0 saturated carbocycles. The lowest BCUT2D eigenvalue weighted by Crippen LogP contribution is -2.33. The minimum atomic E-state index is -0.535. The van der Waals surface area contributed by atoms with E-state index in [0.717, 1.165) is 11.3 Å². The van der Waals surface area contributed by atoms with Crippen molar-refractivity contribution in [3.63, 3.8) is 0 Å². The normalized spacial score (nSPS) is 16.0. The van der Waals surface area contributed by atoms with Crippen LogP contribution in [0.15, 0.2) is 34.8 Å². The molecule has 1 aromatic carbocycles. The molecule has 1 N–H and O–H groups in total. The minimum Gasteiger partial charge on any atom is -0.444 e. The van der Waals surface area contributed by atoms with E-state index in [9.17, 15) is 9.59 Å². The molecule has 1 aromatic rings. The standard InChI is InChI=1S/C20H22Cl2N2O3/c1-20(2,3)27-19(26)24-9-8-23-15-6-4-13(12-25)17(11-15)16-7-5-14(21)10-18(16)22/h5,7,10-11H,4,6,8-9H2,1-3H3,(H,24,26). The molecule has 0 radical (unpaired) electrons. The third kappa shape index (κ3) is 6.55. The number of allylic oxidation sites excluding steroid dienone is 3. The van der Waals surface area contributed by atoms with Crippen LogP contribution in [0.2, 0.25) is 10.0 Å². The van der Waals surface area contributed by atoms with E-state index in [1.165, 1.54) is 0 Å². The third-order valence-corrected chi connectivity index (χ3v) is 4.25. The first-order valence-electron chi connectivity index (χ1n) is 8.61. The van der Waals surface area contributed by atoms with Crippen LogP contribution in [0.25, 0.3) is 5.57 Å². The Labute approximate surface area is 169 Å². The van der Waals surface area contributed by atoms with Crippen molar-refractivity contribution in [2.45, 2.75) is 39.2 Å². The van der Waals surface area contributed by atoms with Gasteiger partial charge in [0.05, 0.1) is 6.54 Å². The summed E-state index contributed by atoms with van der Waals surface area (Å²) in [6.45, 7) is 6.19. The van der Waals surface area contributed by atoms with E-state index in [2.05, 4.69) is 10.3 Å². The van der Waals surface area contributed by atoms with Gasteiger partial charge in [0, 0.05) is 33.4 Å².